The largest absolute Gasteiger partial charge is 0.481 e. The number of carbonyl (C=O) groups excluding carboxylic acids is 2. The number of likely N-dealkylation sites (N-methyl/N-ethyl adjacent to an activating group) is 1. The van der Waals surface area contributed by atoms with E-state index in [9.17, 15) is 14.4 Å². The van der Waals surface area contributed by atoms with Crippen molar-refractivity contribution >= 4 is 18.0 Å². The second kappa shape index (κ2) is 16.8. The summed E-state index contributed by atoms with van der Waals surface area (Å²) < 4.78 is 26.3. The van der Waals surface area contributed by atoms with Crippen molar-refractivity contribution in [2.75, 3.05) is 59.8 Å². The van der Waals surface area contributed by atoms with Gasteiger partial charge in [-0.15, -0.1) is 0 Å². The zero-order valence-corrected chi connectivity index (χ0v) is 18.6. The van der Waals surface area contributed by atoms with Crippen molar-refractivity contribution in [1.29, 1.82) is 0 Å². The predicted octanol–water partition coefficient (Wildman–Crippen LogP) is 2.09. The Morgan fingerprint density at radius 1 is 0.800 bits per heavy atom. The number of aliphatic carboxylic acids is 1. The van der Waals surface area contributed by atoms with Gasteiger partial charge in [-0.05, 0) is 33.6 Å². The van der Waals surface area contributed by atoms with Crippen LogP contribution in [0.3, 0.4) is 0 Å². The minimum Gasteiger partial charge on any atom is -0.481 e. The van der Waals surface area contributed by atoms with Gasteiger partial charge in [-0.3, -0.25) is 9.59 Å². The van der Waals surface area contributed by atoms with E-state index in [1.807, 2.05) is 20.8 Å². The zero-order chi connectivity index (χ0) is 22.8. The van der Waals surface area contributed by atoms with Crippen LogP contribution in [-0.2, 0) is 33.3 Å². The van der Waals surface area contributed by atoms with Crippen LogP contribution in [-0.4, -0.2) is 93.5 Å². The van der Waals surface area contributed by atoms with Crippen LogP contribution in [0.2, 0.25) is 0 Å². The van der Waals surface area contributed by atoms with Gasteiger partial charge in [-0.25, -0.2) is 4.79 Å². The number of esters is 1. The Balaban J connectivity index is 3.38. The molecule has 30 heavy (non-hydrogen) atoms. The predicted molar refractivity (Wildman–Crippen MR) is 108 cm³/mol. The smallest absolute Gasteiger partial charge is 0.410 e. The Hall–Kier alpha value is -1.91. The average molecular weight is 436 g/mol. The third-order valence-electron chi connectivity index (χ3n) is 3.53. The topological polar surface area (TPSA) is 121 Å². The fourth-order valence-electron chi connectivity index (χ4n) is 2.01. The van der Waals surface area contributed by atoms with Crippen LogP contribution in [0, 0.1) is 0 Å². The maximum absolute atomic E-state index is 11.8. The van der Waals surface area contributed by atoms with Crippen LogP contribution >= 0.6 is 0 Å². The first-order valence-electron chi connectivity index (χ1n) is 10.2. The lowest BCUT2D eigenvalue weighted by atomic mass is 10.2. The summed E-state index contributed by atoms with van der Waals surface area (Å²) in [5, 5.41) is 8.50. The number of amides is 1. The molecular weight excluding hydrogens is 398 g/mol. The van der Waals surface area contributed by atoms with Crippen molar-refractivity contribution in [2.45, 2.75) is 52.1 Å². The Morgan fingerprint density at radius 3 is 1.83 bits per heavy atom. The van der Waals surface area contributed by atoms with Crippen molar-refractivity contribution in [3.63, 3.8) is 0 Å². The molecule has 0 aromatic carbocycles. The molecule has 0 spiro atoms. The maximum atomic E-state index is 11.8. The molecule has 0 aromatic rings. The third-order valence-corrected chi connectivity index (χ3v) is 3.53. The number of carbonyl (C=O) groups is 3. The van der Waals surface area contributed by atoms with Gasteiger partial charge in [0.2, 0.25) is 0 Å². The molecule has 1 amide bonds. The molecule has 0 saturated carbocycles. The van der Waals surface area contributed by atoms with Gasteiger partial charge >= 0.3 is 18.0 Å². The summed E-state index contributed by atoms with van der Waals surface area (Å²) in [5.74, 6) is -1.22. The van der Waals surface area contributed by atoms with Crippen molar-refractivity contribution in [1.82, 2.24) is 4.90 Å². The summed E-state index contributed by atoms with van der Waals surface area (Å²) in [6.07, 6.45) is 0.847. The molecule has 0 radical (unpaired) electrons. The molecule has 0 saturated heterocycles. The van der Waals surface area contributed by atoms with E-state index in [4.69, 9.17) is 28.8 Å². The van der Waals surface area contributed by atoms with Crippen LogP contribution in [0.25, 0.3) is 0 Å². The first kappa shape index (κ1) is 28.1. The molecule has 1 N–H and O–H groups in total. The number of carboxylic acids is 1. The van der Waals surface area contributed by atoms with Crippen molar-refractivity contribution in [3.05, 3.63) is 0 Å². The van der Waals surface area contributed by atoms with E-state index >= 15 is 0 Å². The normalized spacial score (nSPS) is 11.2. The van der Waals surface area contributed by atoms with Gasteiger partial charge in [0.05, 0.1) is 39.6 Å². The molecule has 10 nitrogen and oxygen atoms in total. The SMILES string of the molecule is CN(CCOCCOCCOCCOC(=O)CCCCC(=O)O)C(=O)OC(C)(C)C. The van der Waals surface area contributed by atoms with Crippen molar-refractivity contribution in [3.8, 4) is 0 Å². The molecule has 0 rings (SSSR count). The number of carboxylic acid groups (broad SMARTS) is 1. The van der Waals surface area contributed by atoms with Gasteiger partial charge in [0.1, 0.15) is 12.2 Å². The first-order chi connectivity index (χ1) is 14.1. The van der Waals surface area contributed by atoms with Crippen LogP contribution in [0.5, 0.6) is 0 Å². The van der Waals surface area contributed by atoms with E-state index in [-0.39, 0.29) is 38.1 Å². The van der Waals surface area contributed by atoms with E-state index in [0.29, 0.717) is 52.4 Å². The fourth-order valence-corrected chi connectivity index (χ4v) is 2.01. The highest BCUT2D eigenvalue weighted by Crippen LogP contribution is 2.08. The molecule has 0 unspecified atom stereocenters. The molecule has 0 aromatic heterocycles. The second-order valence-corrected chi connectivity index (χ2v) is 7.56. The van der Waals surface area contributed by atoms with Crippen LogP contribution in [0.1, 0.15) is 46.5 Å². The first-order valence-corrected chi connectivity index (χ1v) is 10.2. The number of rotatable bonds is 17. The number of hydrogen-bond acceptors (Lipinski definition) is 8. The molecule has 0 fully saturated rings. The summed E-state index contributed by atoms with van der Waals surface area (Å²) in [4.78, 5) is 35.0. The lowest BCUT2D eigenvalue weighted by molar-refractivity contribution is -0.146. The molecule has 0 heterocycles. The Morgan fingerprint density at radius 2 is 1.30 bits per heavy atom. The molecular formula is C20H37NO9. The van der Waals surface area contributed by atoms with E-state index in [0.717, 1.165) is 0 Å². The van der Waals surface area contributed by atoms with Gasteiger partial charge in [0.15, 0.2) is 0 Å². The highest BCUT2D eigenvalue weighted by molar-refractivity contribution is 5.69. The van der Waals surface area contributed by atoms with Crippen LogP contribution in [0.4, 0.5) is 4.79 Å². The lowest BCUT2D eigenvalue weighted by Gasteiger charge is -2.24. The van der Waals surface area contributed by atoms with Gasteiger partial charge in [0.25, 0.3) is 0 Å². The van der Waals surface area contributed by atoms with E-state index in [2.05, 4.69) is 0 Å². The number of hydrogen-bond donors (Lipinski definition) is 1. The van der Waals surface area contributed by atoms with Gasteiger partial charge in [0, 0.05) is 26.4 Å². The average Bonchev–Trinajstić information content (AvgIpc) is 2.64. The van der Waals surface area contributed by atoms with Gasteiger partial charge < -0.3 is 33.7 Å². The van der Waals surface area contributed by atoms with E-state index in [1.165, 1.54) is 4.90 Å². The Labute approximate surface area is 178 Å². The number of nitrogens with zero attached hydrogens (tertiary/aromatic N) is 1. The Kier molecular flexibility index (Phi) is 15.8. The Bertz CT molecular complexity index is 491. The van der Waals surface area contributed by atoms with E-state index in [1.54, 1.807) is 7.05 Å². The minimum atomic E-state index is -0.864. The summed E-state index contributed by atoms with van der Waals surface area (Å²) in [5.41, 5.74) is -0.521. The number of ether oxygens (including phenoxy) is 5. The molecule has 0 bridgehead atoms. The van der Waals surface area contributed by atoms with Crippen molar-refractivity contribution < 1.29 is 43.2 Å². The molecule has 176 valence electrons. The van der Waals surface area contributed by atoms with Crippen molar-refractivity contribution in [2.24, 2.45) is 0 Å². The van der Waals surface area contributed by atoms with E-state index < -0.39 is 11.6 Å². The highest BCUT2D eigenvalue weighted by Gasteiger charge is 2.19. The van der Waals surface area contributed by atoms with Crippen LogP contribution < -0.4 is 0 Å². The quantitative estimate of drug-likeness (QED) is 0.270. The van der Waals surface area contributed by atoms with Crippen LogP contribution in [0.15, 0.2) is 0 Å². The highest BCUT2D eigenvalue weighted by atomic mass is 16.6. The fraction of sp³-hybridized carbons (Fsp3) is 0.850. The molecule has 0 aliphatic heterocycles. The molecule has 0 aliphatic carbocycles. The maximum Gasteiger partial charge on any atom is 0.410 e. The molecule has 10 heteroatoms. The summed E-state index contributed by atoms with van der Waals surface area (Å²) in [7, 11) is 1.65. The van der Waals surface area contributed by atoms with Gasteiger partial charge in [-0.2, -0.15) is 0 Å². The lowest BCUT2D eigenvalue weighted by Crippen LogP contribution is -2.36. The summed E-state index contributed by atoms with van der Waals surface area (Å²) in [6.45, 7) is 8.27. The molecule has 0 atom stereocenters. The third kappa shape index (κ3) is 19.4. The monoisotopic (exact) mass is 435 g/mol. The molecule has 0 aliphatic rings. The standard InChI is InChI=1S/C20H37NO9/c1-20(2,3)30-19(25)21(4)9-10-26-11-12-27-13-14-28-15-16-29-18(24)8-6-5-7-17(22)23/h5-16H2,1-4H3,(H,22,23). The second-order valence-electron chi connectivity index (χ2n) is 7.56. The zero-order valence-electron chi connectivity index (χ0n) is 18.6. The summed E-state index contributed by atoms with van der Waals surface area (Å²) >= 11 is 0. The minimum absolute atomic E-state index is 0.0601. The summed E-state index contributed by atoms with van der Waals surface area (Å²) in [6, 6.07) is 0. The van der Waals surface area contributed by atoms with Gasteiger partial charge in [-0.1, -0.05) is 0 Å². The number of unbranched alkanes of at least 4 members (excludes halogenated alkanes) is 1.